The number of carbonyl (C=O) groups is 2. The Bertz CT molecular complexity index is 1230. The zero-order valence-corrected chi connectivity index (χ0v) is 22.0. The molecule has 2 amide bonds. The van der Waals surface area contributed by atoms with E-state index in [9.17, 15) is 46.1 Å². The van der Waals surface area contributed by atoms with Crippen LogP contribution in [0.2, 0.25) is 10.0 Å². The molecule has 0 saturated heterocycles. The molecule has 1 aliphatic carbocycles. The molecule has 1 saturated carbocycles. The van der Waals surface area contributed by atoms with E-state index in [1.165, 1.54) is 13.8 Å². The third kappa shape index (κ3) is 5.88. The minimum atomic E-state index is -6.20. The van der Waals surface area contributed by atoms with E-state index in [0.29, 0.717) is 30.2 Å². The fourth-order valence-electron chi connectivity index (χ4n) is 3.40. The molecule has 0 spiro atoms. The predicted octanol–water partition coefficient (Wildman–Crippen LogP) is 5.21. The molecule has 0 aliphatic heterocycles. The molecular formula is C22H21Cl2F6N3O4S. The number of rotatable bonds is 7. The highest BCUT2D eigenvalue weighted by molar-refractivity contribution is 7.17. The summed E-state index contributed by atoms with van der Waals surface area (Å²) in [6, 6.07) is 0.837. The van der Waals surface area contributed by atoms with Crippen molar-refractivity contribution in [3.63, 3.8) is 0 Å². The van der Waals surface area contributed by atoms with Crippen LogP contribution in [0, 0.1) is 0 Å². The van der Waals surface area contributed by atoms with Gasteiger partial charge in [-0.25, -0.2) is 4.98 Å². The van der Waals surface area contributed by atoms with Crippen molar-refractivity contribution in [1.29, 1.82) is 0 Å². The van der Waals surface area contributed by atoms with Gasteiger partial charge in [-0.15, -0.1) is 11.3 Å². The Morgan fingerprint density at radius 2 is 1.61 bits per heavy atom. The molecule has 0 radical (unpaired) electrons. The van der Waals surface area contributed by atoms with E-state index in [1.54, 1.807) is 0 Å². The number of nitrogens with one attached hydrogen (secondary N) is 2. The lowest BCUT2D eigenvalue weighted by molar-refractivity contribution is -0.376. The summed E-state index contributed by atoms with van der Waals surface area (Å²) in [4.78, 5) is 29.4. The Labute approximate surface area is 226 Å². The Kier molecular flexibility index (Phi) is 8.36. The van der Waals surface area contributed by atoms with E-state index in [2.05, 4.69) is 15.6 Å². The molecule has 0 atom stereocenters. The molecule has 210 valence electrons. The molecule has 16 heteroatoms. The smallest absolute Gasteiger partial charge is 0.389 e. The number of nitrogens with zero attached hydrogens (tertiary/aromatic N) is 1. The van der Waals surface area contributed by atoms with Gasteiger partial charge in [0.2, 0.25) is 0 Å². The van der Waals surface area contributed by atoms with E-state index < -0.39 is 51.0 Å². The lowest BCUT2D eigenvalue weighted by Crippen LogP contribution is -2.54. The highest BCUT2D eigenvalue weighted by Crippen LogP contribution is 2.54. The van der Waals surface area contributed by atoms with Gasteiger partial charge < -0.3 is 20.8 Å². The van der Waals surface area contributed by atoms with Gasteiger partial charge in [-0.05, 0) is 33.1 Å². The molecule has 38 heavy (non-hydrogen) atoms. The zero-order valence-electron chi connectivity index (χ0n) is 19.7. The first-order chi connectivity index (χ1) is 17.3. The van der Waals surface area contributed by atoms with Gasteiger partial charge in [0.1, 0.15) is 5.69 Å². The summed E-state index contributed by atoms with van der Waals surface area (Å²) in [6.45, 7) is 2.65. The van der Waals surface area contributed by atoms with Crippen molar-refractivity contribution in [3.8, 4) is 10.4 Å². The van der Waals surface area contributed by atoms with Gasteiger partial charge in [0, 0.05) is 23.7 Å². The largest absolute Gasteiger partial charge is 0.430 e. The molecule has 0 bridgehead atoms. The van der Waals surface area contributed by atoms with Crippen LogP contribution >= 0.6 is 34.5 Å². The first-order valence-corrected chi connectivity index (χ1v) is 12.5. The number of benzene rings is 1. The van der Waals surface area contributed by atoms with Crippen LogP contribution in [0.15, 0.2) is 12.1 Å². The standard InChI is InChI=1S/C22H21Cl2F6N3O4S/c1-19(2,36)8-31-17(35)18-33-14(16(34)32-9-4-3-5-9)15(38-18)10-6-7-11(13(24)12(10)23)20(37,21(25,26)27)22(28,29)30/h6-7,9,36-37H,3-5,8H2,1-2H3,(H,31,35)(H,32,34). The van der Waals surface area contributed by atoms with E-state index in [4.69, 9.17) is 23.2 Å². The maximum Gasteiger partial charge on any atom is 0.430 e. The minimum Gasteiger partial charge on any atom is -0.389 e. The molecule has 3 rings (SSSR count). The van der Waals surface area contributed by atoms with Crippen molar-refractivity contribution in [2.45, 2.75) is 62.7 Å². The molecule has 7 nitrogen and oxygen atoms in total. The Morgan fingerprint density at radius 3 is 2.08 bits per heavy atom. The molecule has 1 aromatic carbocycles. The molecular weight excluding hydrogens is 587 g/mol. The number of alkyl halides is 6. The minimum absolute atomic E-state index is 0.156. The fourth-order valence-corrected chi connectivity index (χ4v) is 5.03. The van der Waals surface area contributed by atoms with Crippen LogP contribution in [0.5, 0.6) is 0 Å². The van der Waals surface area contributed by atoms with Gasteiger partial charge in [-0.1, -0.05) is 35.3 Å². The van der Waals surface area contributed by atoms with Crippen LogP contribution in [0.3, 0.4) is 0 Å². The van der Waals surface area contributed by atoms with Crippen molar-refractivity contribution in [2.24, 2.45) is 0 Å². The van der Waals surface area contributed by atoms with Gasteiger partial charge in [0.15, 0.2) is 5.01 Å². The maximum absolute atomic E-state index is 13.4. The molecule has 0 unspecified atom stereocenters. The lowest BCUT2D eigenvalue weighted by atomic mass is 9.91. The average molecular weight is 608 g/mol. The normalized spacial score (nSPS) is 15.3. The molecule has 1 aromatic heterocycles. The maximum atomic E-state index is 13.4. The molecule has 1 heterocycles. The second-order valence-corrected chi connectivity index (χ2v) is 11.0. The van der Waals surface area contributed by atoms with Crippen LogP contribution in [0.4, 0.5) is 26.3 Å². The van der Waals surface area contributed by atoms with E-state index in [1.807, 2.05) is 0 Å². The summed E-state index contributed by atoms with van der Waals surface area (Å²) in [5.74, 6) is -1.55. The van der Waals surface area contributed by atoms with Crippen molar-refractivity contribution in [3.05, 3.63) is 38.4 Å². The Morgan fingerprint density at radius 1 is 1.03 bits per heavy atom. The highest BCUT2D eigenvalue weighted by atomic mass is 35.5. The first-order valence-electron chi connectivity index (χ1n) is 10.9. The molecule has 2 aromatic rings. The van der Waals surface area contributed by atoms with Crippen molar-refractivity contribution in [2.75, 3.05) is 6.54 Å². The van der Waals surface area contributed by atoms with Crippen LogP contribution in [-0.4, -0.2) is 57.6 Å². The summed E-state index contributed by atoms with van der Waals surface area (Å²) in [5, 5.41) is 22.3. The SMILES string of the molecule is CC(C)(O)CNC(=O)c1nc(C(=O)NC2CCC2)c(-c2ccc(C(O)(C(F)(F)F)C(F)(F)F)c(Cl)c2Cl)s1. The average Bonchev–Trinajstić information content (AvgIpc) is 3.19. The zero-order chi connectivity index (χ0) is 28.8. The Balaban J connectivity index is 2.13. The quantitative estimate of drug-likeness (QED) is 0.323. The topological polar surface area (TPSA) is 112 Å². The predicted molar refractivity (Wildman–Crippen MR) is 127 cm³/mol. The van der Waals surface area contributed by atoms with Crippen molar-refractivity contribution < 1.29 is 46.1 Å². The summed E-state index contributed by atoms with van der Waals surface area (Å²) in [5.41, 5.74) is -9.03. The fraction of sp³-hybridized carbons (Fsp3) is 0.500. The van der Waals surface area contributed by atoms with Crippen LogP contribution in [0.25, 0.3) is 10.4 Å². The van der Waals surface area contributed by atoms with Crippen molar-refractivity contribution in [1.82, 2.24) is 15.6 Å². The molecule has 1 aliphatic rings. The highest BCUT2D eigenvalue weighted by Gasteiger charge is 2.72. The number of aromatic nitrogens is 1. The summed E-state index contributed by atoms with van der Waals surface area (Å²) >= 11 is 12.5. The second-order valence-electron chi connectivity index (χ2n) is 9.29. The number of hydrogen-bond acceptors (Lipinski definition) is 6. The number of halogens is 8. The van der Waals surface area contributed by atoms with Crippen molar-refractivity contribution >= 4 is 46.4 Å². The van der Waals surface area contributed by atoms with Crippen LogP contribution in [-0.2, 0) is 5.60 Å². The number of thiazole rings is 1. The lowest BCUT2D eigenvalue weighted by Gasteiger charge is -2.33. The molecule has 1 fully saturated rings. The van der Waals surface area contributed by atoms with Gasteiger partial charge in [-0.3, -0.25) is 9.59 Å². The second kappa shape index (κ2) is 10.5. The number of carbonyl (C=O) groups excluding carboxylic acids is 2. The van der Waals surface area contributed by atoms with Gasteiger partial charge >= 0.3 is 12.4 Å². The number of hydrogen-bond donors (Lipinski definition) is 4. The third-order valence-electron chi connectivity index (χ3n) is 5.70. The number of amides is 2. The first kappa shape index (κ1) is 30.4. The summed E-state index contributed by atoms with van der Waals surface area (Å²) in [6.07, 6.45) is -10.2. The van der Waals surface area contributed by atoms with E-state index in [-0.39, 0.29) is 33.7 Å². The van der Waals surface area contributed by atoms with E-state index in [0.717, 1.165) is 12.5 Å². The van der Waals surface area contributed by atoms with Crippen LogP contribution in [0.1, 0.15) is 59.0 Å². The van der Waals surface area contributed by atoms with Gasteiger partial charge in [0.25, 0.3) is 17.4 Å². The Hall–Kier alpha value is -2.13. The number of aliphatic hydroxyl groups is 2. The van der Waals surface area contributed by atoms with Crippen LogP contribution < -0.4 is 10.6 Å². The van der Waals surface area contributed by atoms with Gasteiger partial charge in [0.05, 0.1) is 20.5 Å². The summed E-state index contributed by atoms with van der Waals surface area (Å²) in [7, 11) is 0. The third-order valence-corrected chi connectivity index (χ3v) is 7.66. The van der Waals surface area contributed by atoms with E-state index >= 15 is 0 Å². The molecule has 4 N–H and O–H groups in total. The monoisotopic (exact) mass is 607 g/mol. The van der Waals surface area contributed by atoms with Gasteiger partial charge in [-0.2, -0.15) is 26.3 Å². The summed E-state index contributed by atoms with van der Waals surface area (Å²) < 4.78 is 80.4.